The van der Waals surface area contributed by atoms with Crippen LogP contribution in [0.3, 0.4) is 0 Å². The maximum absolute atomic E-state index is 11.8. The van der Waals surface area contributed by atoms with Crippen LogP contribution in [0.4, 0.5) is 11.4 Å². The van der Waals surface area contributed by atoms with Gasteiger partial charge in [0.1, 0.15) is 5.69 Å². The van der Waals surface area contributed by atoms with Crippen molar-refractivity contribution in [2.75, 3.05) is 38.2 Å². The molecule has 25 heavy (non-hydrogen) atoms. The molecule has 0 atom stereocenters. The molecular formula is C18H20N4O3. The second-order valence-electron chi connectivity index (χ2n) is 5.91. The molecule has 7 heteroatoms. The van der Waals surface area contributed by atoms with E-state index in [0.717, 1.165) is 38.4 Å². The van der Waals surface area contributed by atoms with E-state index >= 15 is 0 Å². The largest absolute Gasteiger partial charge is 0.465 e. The van der Waals surface area contributed by atoms with Gasteiger partial charge in [-0.2, -0.15) is 0 Å². The van der Waals surface area contributed by atoms with Gasteiger partial charge in [-0.15, -0.1) is 4.91 Å². The highest BCUT2D eigenvalue weighted by atomic mass is 16.5. The minimum absolute atomic E-state index is 0.103. The van der Waals surface area contributed by atoms with E-state index in [0.29, 0.717) is 0 Å². The van der Waals surface area contributed by atoms with Gasteiger partial charge in [-0.3, -0.25) is 9.88 Å². The lowest BCUT2D eigenvalue weighted by atomic mass is 10.1. The third-order valence-electron chi connectivity index (χ3n) is 4.35. The highest BCUT2D eigenvalue weighted by molar-refractivity contribution is 5.96. The molecule has 2 heterocycles. The molecule has 1 aromatic carbocycles. The SMILES string of the molecule is COC(=O)c1cc(N2CCN(Cc3cccnc3)CC2)ccc1N=O. The first kappa shape index (κ1) is 17.0. The monoisotopic (exact) mass is 340 g/mol. The third-order valence-corrected chi connectivity index (χ3v) is 4.35. The number of ether oxygens (including phenoxy) is 1. The first-order chi connectivity index (χ1) is 12.2. The summed E-state index contributed by atoms with van der Waals surface area (Å²) in [5.74, 6) is -0.549. The predicted octanol–water partition coefficient (Wildman–Crippen LogP) is 2.59. The van der Waals surface area contributed by atoms with Gasteiger partial charge in [0.2, 0.25) is 0 Å². The van der Waals surface area contributed by atoms with Crippen LogP contribution in [-0.2, 0) is 11.3 Å². The molecule has 130 valence electrons. The average molecular weight is 340 g/mol. The number of anilines is 1. The van der Waals surface area contributed by atoms with Gasteiger partial charge in [0.05, 0.1) is 12.7 Å². The zero-order chi connectivity index (χ0) is 17.6. The highest BCUT2D eigenvalue weighted by Gasteiger charge is 2.20. The van der Waals surface area contributed by atoms with Crippen LogP contribution in [0.25, 0.3) is 0 Å². The Morgan fingerprint density at radius 2 is 2.04 bits per heavy atom. The second kappa shape index (κ2) is 7.85. The first-order valence-corrected chi connectivity index (χ1v) is 8.13. The number of nitrogens with zero attached hydrogens (tertiary/aromatic N) is 4. The quantitative estimate of drug-likeness (QED) is 0.615. The number of methoxy groups -OCH3 is 1. The van der Waals surface area contributed by atoms with E-state index in [1.54, 1.807) is 18.3 Å². The highest BCUT2D eigenvalue weighted by Crippen LogP contribution is 2.27. The summed E-state index contributed by atoms with van der Waals surface area (Å²) in [6.45, 7) is 4.39. The average Bonchev–Trinajstić information content (AvgIpc) is 2.68. The molecule has 1 aliphatic heterocycles. The van der Waals surface area contributed by atoms with Gasteiger partial charge in [0, 0.05) is 50.8 Å². The van der Waals surface area contributed by atoms with Crippen molar-refractivity contribution in [3.8, 4) is 0 Å². The molecule has 0 bridgehead atoms. The van der Waals surface area contributed by atoms with E-state index in [1.165, 1.54) is 12.7 Å². The van der Waals surface area contributed by atoms with E-state index in [2.05, 4.69) is 26.0 Å². The van der Waals surface area contributed by atoms with Crippen LogP contribution in [0.15, 0.2) is 47.9 Å². The van der Waals surface area contributed by atoms with E-state index < -0.39 is 5.97 Å². The Balaban J connectivity index is 1.66. The van der Waals surface area contributed by atoms with Crippen LogP contribution in [0.2, 0.25) is 0 Å². The Morgan fingerprint density at radius 1 is 1.24 bits per heavy atom. The number of hydrogen-bond acceptors (Lipinski definition) is 7. The molecule has 7 nitrogen and oxygen atoms in total. The summed E-state index contributed by atoms with van der Waals surface area (Å²) < 4.78 is 4.73. The molecule has 1 saturated heterocycles. The van der Waals surface area contributed by atoms with E-state index in [1.807, 2.05) is 18.3 Å². The first-order valence-electron chi connectivity index (χ1n) is 8.13. The fourth-order valence-corrected chi connectivity index (χ4v) is 2.99. The number of carbonyl (C=O) groups excluding carboxylic acids is 1. The van der Waals surface area contributed by atoms with Gasteiger partial charge in [-0.25, -0.2) is 4.79 Å². The lowest BCUT2D eigenvalue weighted by Gasteiger charge is -2.36. The van der Waals surface area contributed by atoms with Gasteiger partial charge in [-0.05, 0) is 35.0 Å². The van der Waals surface area contributed by atoms with Crippen LogP contribution in [0.1, 0.15) is 15.9 Å². The Bertz CT molecular complexity index is 743. The normalized spacial score (nSPS) is 15.0. The van der Waals surface area contributed by atoms with Gasteiger partial charge in [0.15, 0.2) is 0 Å². The molecule has 0 N–H and O–H groups in total. The molecule has 1 aromatic heterocycles. The van der Waals surface area contributed by atoms with Crippen molar-refractivity contribution in [2.45, 2.75) is 6.54 Å². The number of hydrogen-bond donors (Lipinski definition) is 0. The van der Waals surface area contributed by atoms with Gasteiger partial charge >= 0.3 is 5.97 Å². The molecule has 0 saturated carbocycles. The van der Waals surface area contributed by atoms with Crippen molar-refractivity contribution < 1.29 is 9.53 Å². The molecule has 0 amide bonds. The number of piperazine rings is 1. The smallest absolute Gasteiger partial charge is 0.340 e. The minimum atomic E-state index is -0.549. The standard InChI is InChI=1S/C18H20N4O3/c1-25-18(23)16-11-15(4-5-17(16)20-24)22-9-7-21(8-10-22)13-14-3-2-6-19-12-14/h2-6,11-12H,7-10,13H2,1H3. The Hall–Kier alpha value is -2.80. The van der Waals surface area contributed by atoms with Crippen molar-refractivity contribution in [1.29, 1.82) is 0 Å². The maximum atomic E-state index is 11.8. The molecule has 0 unspecified atom stereocenters. The molecular weight excluding hydrogens is 320 g/mol. The topological polar surface area (TPSA) is 75.1 Å². The minimum Gasteiger partial charge on any atom is -0.465 e. The van der Waals surface area contributed by atoms with E-state index in [4.69, 9.17) is 4.74 Å². The van der Waals surface area contributed by atoms with Crippen LogP contribution < -0.4 is 4.90 Å². The number of aromatic nitrogens is 1. The van der Waals surface area contributed by atoms with Crippen LogP contribution in [0.5, 0.6) is 0 Å². The molecule has 1 fully saturated rings. The molecule has 3 rings (SSSR count). The Morgan fingerprint density at radius 3 is 2.68 bits per heavy atom. The van der Waals surface area contributed by atoms with Crippen molar-refractivity contribution in [2.24, 2.45) is 5.18 Å². The Kier molecular flexibility index (Phi) is 5.35. The van der Waals surface area contributed by atoms with Gasteiger partial charge < -0.3 is 9.64 Å². The van der Waals surface area contributed by atoms with Crippen LogP contribution >= 0.6 is 0 Å². The predicted molar refractivity (Wildman–Crippen MR) is 95.0 cm³/mol. The van der Waals surface area contributed by atoms with Gasteiger partial charge in [0.25, 0.3) is 0 Å². The fraction of sp³-hybridized carbons (Fsp3) is 0.333. The fourth-order valence-electron chi connectivity index (χ4n) is 2.99. The number of carbonyl (C=O) groups is 1. The summed E-state index contributed by atoms with van der Waals surface area (Å²) >= 11 is 0. The molecule has 0 aliphatic carbocycles. The number of benzene rings is 1. The molecule has 0 radical (unpaired) electrons. The van der Waals surface area contributed by atoms with E-state index in [-0.39, 0.29) is 11.3 Å². The summed E-state index contributed by atoms with van der Waals surface area (Å²) in [6, 6.07) is 9.09. The zero-order valence-electron chi connectivity index (χ0n) is 14.1. The number of pyridine rings is 1. The molecule has 1 aliphatic rings. The lowest BCUT2D eigenvalue weighted by molar-refractivity contribution is 0.0601. The Labute approximate surface area is 146 Å². The van der Waals surface area contributed by atoms with Crippen molar-refractivity contribution in [3.63, 3.8) is 0 Å². The van der Waals surface area contributed by atoms with Crippen LogP contribution in [-0.4, -0.2) is 49.1 Å². The number of rotatable bonds is 5. The van der Waals surface area contributed by atoms with E-state index in [9.17, 15) is 9.70 Å². The van der Waals surface area contributed by atoms with Gasteiger partial charge in [-0.1, -0.05) is 6.07 Å². The summed E-state index contributed by atoms with van der Waals surface area (Å²) in [4.78, 5) is 31.4. The second-order valence-corrected chi connectivity index (χ2v) is 5.91. The maximum Gasteiger partial charge on any atom is 0.340 e. The molecule has 0 spiro atoms. The zero-order valence-corrected chi connectivity index (χ0v) is 14.1. The summed E-state index contributed by atoms with van der Waals surface area (Å²) in [7, 11) is 1.29. The van der Waals surface area contributed by atoms with Crippen molar-refractivity contribution in [3.05, 3.63) is 58.8 Å². The molecule has 2 aromatic rings. The van der Waals surface area contributed by atoms with Crippen LogP contribution in [0, 0.1) is 4.91 Å². The third kappa shape index (κ3) is 4.00. The summed E-state index contributed by atoms with van der Waals surface area (Å²) in [5, 5.41) is 2.90. The lowest BCUT2D eigenvalue weighted by Crippen LogP contribution is -2.46. The summed E-state index contributed by atoms with van der Waals surface area (Å²) in [6.07, 6.45) is 3.67. The number of esters is 1. The van der Waals surface area contributed by atoms with Crippen molar-refractivity contribution in [1.82, 2.24) is 9.88 Å². The van der Waals surface area contributed by atoms with Crippen molar-refractivity contribution >= 4 is 17.3 Å². The number of nitroso groups, excluding NO2 is 1. The summed E-state index contributed by atoms with van der Waals surface area (Å²) in [5.41, 5.74) is 2.40.